The fourth-order valence-corrected chi connectivity index (χ4v) is 3.88. The Morgan fingerprint density at radius 3 is 2.82 bits per heavy atom. The Bertz CT molecular complexity index is 1340. The molecule has 0 radical (unpaired) electrons. The second-order valence-corrected chi connectivity index (χ2v) is 7.53. The van der Waals surface area contributed by atoms with E-state index < -0.39 is 0 Å². The van der Waals surface area contributed by atoms with Crippen molar-refractivity contribution >= 4 is 38.2 Å². The van der Waals surface area contributed by atoms with E-state index in [0.29, 0.717) is 11.3 Å². The van der Waals surface area contributed by atoms with Crippen LogP contribution < -0.4 is 0 Å². The third-order valence-corrected chi connectivity index (χ3v) is 5.48. The number of carbonyl (C=O) groups is 1. The van der Waals surface area contributed by atoms with Crippen molar-refractivity contribution in [1.82, 2.24) is 25.0 Å². The molecule has 2 aromatic carbocycles. The number of fused-ring (bicyclic) bond motifs is 2. The van der Waals surface area contributed by atoms with Crippen molar-refractivity contribution in [3.8, 4) is 11.1 Å². The average molecular weight is 385 g/mol. The Kier molecular flexibility index (Phi) is 3.95. The smallest absolute Gasteiger partial charge is 0.168 e. The molecule has 0 aliphatic carbocycles. The Balaban J connectivity index is 1.45. The fraction of sp³-hybridized carbons (Fsp3) is 0.0952. The van der Waals surface area contributed by atoms with Crippen LogP contribution in [0.1, 0.15) is 16.1 Å². The summed E-state index contributed by atoms with van der Waals surface area (Å²) in [6.45, 7) is 0. The topological polar surface area (TPSA) is 73.6 Å². The molecule has 0 saturated heterocycles. The lowest BCUT2D eigenvalue weighted by molar-refractivity contribution is 0.0992. The second-order valence-electron chi connectivity index (χ2n) is 6.65. The van der Waals surface area contributed by atoms with Crippen LogP contribution in [-0.2, 0) is 13.5 Å². The molecule has 0 atom stereocenters. The molecule has 0 fully saturated rings. The van der Waals surface area contributed by atoms with E-state index in [9.17, 15) is 4.79 Å². The number of hydrogen-bond acceptors (Lipinski definition) is 6. The molecular formula is C21H15N5OS. The molecule has 0 aliphatic rings. The molecule has 0 bridgehead atoms. The lowest BCUT2D eigenvalue weighted by Crippen LogP contribution is -2.06. The number of carbonyl (C=O) groups excluding carboxylic acids is 1. The number of thiazole rings is 1. The molecular weight excluding hydrogens is 370 g/mol. The van der Waals surface area contributed by atoms with E-state index in [1.807, 2.05) is 55.8 Å². The van der Waals surface area contributed by atoms with Crippen molar-refractivity contribution < 1.29 is 4.79 Å². The number of ketones is 1. The summed E-state index contributed by atoms with van der Waals surface area (Å²) in [5.41, 5.74) is 6.82. The van der Waals surface area contributed by atoms with Gasteiger partial charge in [0.25, 0.3) is 0 Å². The molecule has 5 aromatic rings. The Labute approximate surface area is 164 Å². The van der Waals surface area contributed by atoms with Gasteiger partial charge in [-0.2, -0.15) is 15.3 Å². The quantitative estimate of drug-likeness (QED) is 0.436. The zero-order valence-electron chi connectivity index (χ0n) is 15.0. The van der Waals surface area contributed by atoms with Crippen molar-refractivity contribution in [1.29, 1.82) is 0 Å². The summed E-state index contributed by atoms with van der Waals surface area (Å²) >= 11 is 1.56. The van der Waals surface area contributed by atoms with Gasteiger partial charge in [0.15, 0.2) is 5.78 Å². The van der Waals surface area contributed by atoms with Crippen molar-refractivity contribution in [3.63, 3.8) is 0 Å². The van der Waals surface area contributed by atoms with Gasteiger partial charge in [-0.3, -0.25) is 9.48 Å². The maximum atomic E-state index is 12.7. The first-order chi connectivity index (χ1) is 13.7. The minimum Gasteiger partial charge on any atom is -0.294 e. The summed E-state index contributed by atoms with van der Waals surface area (Å²) in [7, 11) is 1.89. The van der Waals surface area contributed by atoms with Gasteiger partial charge >= 0.3 is 0 Å². The van der Waals surface area contributed by atoms with Crippen molar-refractivity contribution in [2.24, 2.45) is 7.05 Å². The zero-order chi connectivity index (χ0) is 19.1. The minimum atomic E-state index is 0.00645. The number of aryl methyl sites for hydroxylation is 1. The van der Waals surface area contributed by atoms with E-state index in [-0.39, 0.29) is 12.2 Å². The highest BCUT2D eigenvalue weighted by atomic mass is 32.1. The van der Waals surface area contributed by atoms with Crippen LogP contribution >= 0.6 is 11.3 Å². The summed E-state index contributed by atoms with van der Waals surface area (Å²) < 4.78 is 2.85. The molecule has 3 heterocycles. The predicted molar refractivity (Wildman–Crippen MR) is 109 cm³/mol. The van der Waals surface area contributed by atoms with Crippen LogP contribution in [-0.4, -0.2) is 30.7 Å². The molecule has 136 valence electrons. The zero-order valence-corrected chi connectivity index (χ0v) is 15.8. The van der Waals surface area contributed by atoms with E-state index in [1.165, 1.54) is 0 Å². The van der Waals surface area contributed by atoms with Gasteiger partial charge in [-0.15, -0.1) is 11.3 Å². The maximum absolute atomic E-state index is 12.7. The molecule has 0 unspecified atom stereocenters. The third kappa shape index (κ3) is 3.05. The molecule has 0 spiro atoms. The first kappa shape index (κ1) is 16.7. The highest BCUT2D eigenvalue weighted by Gasteiger charge is 2.11. The molecule has 0 aliphatic heterocycles. The maximum Gasteiger partial charge on any atom is 0.168 e. The number of rotatable bonds is 4. The average Bonchev–Trinajstić information content (AvgIpc) is 3.35. The van der Waals surface area contributed by atoms with Gasteiger partial charge in [-0.25, -0.2) is 4.98 Å². The number of nitrogens with zero attached hydrogens (tertiary/aromatic N) is 5. The highest BCUT2D eigenvalue weighted by molar-refractivity contribution is 7.16. The van der Waals surface area contributed by atoms with Crippen molar-refractivity contribution in [2.75, 3.05) is 0 Å². The number of aromatic nitrogens is 5. The number of Topliss-reactive ketones (excluding diaryl/α,β-unsaturated/α-hetero) is 1. The van der Waals surface area contributed by atoms with E-state index in [2.05, 4.69) is 26.3 Å². The van der Waals surface area contributed by atoms with Crippen LogP contribution in [0.5, 0.6) is 0 Å². The molecule has 0 N–H and O–H groups in total. The van der Waals surface area contributed by atoms with E-state index >= 15 is 0 Å². The highest BCUT2D eigenvalue weighted by Crippen LogP contribution is 2.24. The van der Waals surface area contributed by atoms with E-state index in [0.717, 1.165) is 32.2 Å². The number of hydrogen-bond donors (Lipinski definition) is 0. The first-order valence-corrected chi connectivity index (χ1v) is 9.65. The fourth-order valence-electron chi connectivity index (χ4n) is 3.22. The number of benzene rings is 2. The monoisotopic (exact) mass is 385 g/mol. The summed E-state index contributed by atoms with van der Waals surface area (Å²) in [5, 5.41) is 13.7. The minimum absolute atomic E-state index is 0.00645. The van der Waals surface area contributed by atoms with Crippen LogP contribution in [0.2, 0.25) is 0 Å². The van der Waals surface area contributed by atoms with Gasteiger partial charge in [-0.1, -0.05) is 6.07 Å². The summed E-state index contributed by atoms with van der Waals surface area (Å²) in [6, 6.07) is 13.5. The van der Waals surface area contributed by atoms with E-state index in [4.69, 9.17) is 0 Å². The van der Waals surface area contributed by atoms with Crippen molar-refractivity contribution in [2.45, 2.75) is 6.42 Å². The lowest BCUT2D eigenvalue weighted by atomic mass is 10.0. The summed E-state index contributed by atoms with van der Waals surface area (Å²) in [6.07, 6.45) is 4.00. The van der Waals surface area contributed by atoms with Gasteiger partial charge in [0.1, 0.15) is 0 Å². The van der Waals surface area contributed by atoms with E-state index in [1.54, 1.807) is 21.5 Å². The normalized spacial score (nSPS) is 11.3. The Morgan fingerprint density at radius 2 is 1.96 bits per heavy atom. The largest absolute Gasteiger partial charge is 0.294 e. The SMILES string of the molecule is Cn1cc(-c2ccc3nnc(CC(=O)c4ccc5scnc5c4)cc3c2)cn1. The van der Waals surface area contributed by atoms with Gasteiger partial charge < -0.3 is 0 Å². The lowest BCUT2D eigenvalue weighted by Gasteiger charge is -2.04. The molecule has 0 saturated carbocycles. The third-order valence-electron chi connectivity index (χ3n) is 4.67. The van der Waals surface area contributed by atoms with Crippen molar-refractivity contribution in [3.05, 3.63) is 71.6 Å². The first-order valence-electron chi connectivity index (χ1n) is 8.77. The standard InChI is InChI=1S/C21H15N5OS/c1-26-11-16(10-23-26)13-2-4-18-15(6-13)7-17(24-25-18)9-20(27)14-3-5-21-19(8-14)22-12-28-21/h2-8,10-12H,9H2,1H3. The van der Waals surface area contributed by atoms with Crippen LogP contribution in [0.15, 0.2) is 60.4 Å². The summed E-state index contributed by atoms with van der Waals surface area (Å²) in [5.74, 6) is 0.00645. The molecule has 7 heteroatoms. The molecule has 5 rings (SSSR count). The second kappa shape index (κ2) is 6.61. The van der Waals surface area contributed by atoms with Gasteiger partial charge in [0, 0.05) is 29.8 Å². The molecule has 3 aromatic heterocycles. The molecule has 28 heavy (non-hydrogen) atoms. The molecule has 6 nitrogen and oxygen atoms in total. The van der Waals surface area contributed by atoms with Gasteiger partial charge in [-0.05, 0) is 42.0 Å². The van der Waals surface area contributed by atoms with Crippen LogP contribution in [0.3, 0.4) is 0 Å². The van der Waals surface area contributed by atoms with Crippen LogP contribution in [0.25, 0.3) is 32.2 Å². The van der Waals surface area contributed by atoms with Crippen LogP contribution in [0, 0.1) is 0 Å². The Morgan fingerprint density at radius 1 is 1.04 bits per heavy atom. The molecule has 0 amide bonds. The predicted octanol–water partition coefficient (Wildman–Crippen LogP) is 4.07. The summed E-state index contributed by atoms with van der Waals surface area (Å²) in [4.78, 5) is 17.0. The van der Waals surface area contributed by atoms with Crippen LogP contribution in [0.4, 0.5) is 0 Å². The van der Waals surface area contributed by atoms with Gasteiger partial charge in [0.05, 0.1) is 39.6 Å². The Hall–Kier alpha value is -3.45. The van der Waals surface area contributed by atoms with Gasteiger partial charge in [0.2, 0.25) is 0 Å².